The van der Waals surface area contributed by atoms with Gasteiger partial charge in [-0.05, 0) is 47.7 Å². The molecule has 122 valence electrons. The number of aromatic carboxylic acids is 1. The molecule has 0 aliphatic rings. The van der Waals surface area contributed by atoms with Crippen LogP contribution in [0.2, 0.25) is 0 Å². The molecule has 0 aliphatic carbocycles. The lowest BCUT2D eigenvalue weighted by atomic mass is 10.0. The summed E-state index contributed by atoms with van der Waals surface area (Å²) in [5, 5.41) is 10.9. The number of carbonyl (C=O) groups is 1. The lowest BCUT2D eigenvalue weighted by Crippen LogP contribution is -2.22. The monoisotopic (exact) mass is 332 g/mol. The Labute approximate surface area is 136 Å². The molecule has 2 rings (SSSR count). The molecule has 0 atom stereocenters. The van der Waals surface area contributed by atoms with Gasteiger partial charge in [-0.1, -0.05) is 38.1 Å². The number of nitrogens with one attached hydrogen (secondary N) is 1. The number of sulfonamides is 1. The number of hydrogen-bond donors (Lipinski definition) is 1. The lowest BCUT2D eigenvalue weighted by molar-refractivity contribution is -0.255. The number of rotatable bonds is 5. The molecular formula is C17H18NO4S-. The third-order valence-electron chi connectivity index (χ3n) is 3.57. The van der Waals surface area contributed by atoms with Crippen LogP contribution in [-0.4, -0.2) is 14.4 Å². The molecular weight excluding hydrogens is 314 g/mol. The topological polar surface area (TPSA) is 86.3 Å². The molecule has 5 nitrogen and oxygen atoms in total. The summed E-state index contributed by atoms with van der Waals surface area (Å²) in [5.41, 5.74) is 1.81. The van der Waals surface area contributed by atoms with Crippen molar-refractivity contribution in [3.05, 3.63) is 59.2 Å². The maximum absolute atomic E-state index is 12.4. The largest absolute Gasteiger partial charge is 0.545 e. The van der Waals surface area contributed by atoms with Crippen molar-refractivity contribution in [2.75, 3.05) is 4.72 Å². The second-order valence-corrected chi connectivity index (χ2v) is 7.33. The quantitative estimate of drug-likeness (QED) is 0.910. The van der Waals surface area contributed by atoms with Gasteiger partial charge in [0.15, 0.2) is 0 Å². The molecule has 2 aromatic rings. The second-order valence-electron chi connectivity index (χ2n) is 5.65. The van der Waals surface area contributed by atoms with Crippen molar-refractivity contribution in [3.63, 3.8) is 0 Å². The third-order valence-corrected chi connectivity index (χ3v) is 4.96. The van der Waals surface area contributed by atoms with Gasteiger partial charge in [0.05, 0.1) is 16.6 Å². The van der Waals surface area contributed by atoms with Gasteiger partial charge in [-0.25, -0.2) is 8.42 Å². The zero-order valence-electron chi connectivity index (χ0n) is 13.2. The number of aryl methyl sites for hydroxylation is 1. The van der Waals surface area contributed by atoms with Gasteiger partial charge in [-0.3, -0.25) is 4.72 Å². The summed E-state index contributed by atoms with van der Waals surface area (Å²) in [5.74, 6) is -1.05. The molecule has 2 aromatic carbocycles. The van der Waals surface area contributed by atoms with Gasteiger partial charge < -0.3 is 9.90 Å². The van der Waals surface area contributed by atoms with Crippen LogP contribution in [0.4, 0.5) is 5.69 Å². The molecule has 0 heterocycles. The normalized spacial score (nSPS) is 11.5. The molecule has 0 aliphatic heterocycles. The highest BCUT2D eigenvalue weighted by molar-refractivity contribution is 7.92. The van der Waals surface area contributed by atoms with Crippen LogP contribution in [-0.2, 0) is 10.0 Å². The Morgan fingerprint density at radius 3 is 2.22 bits per heavy atom. The van der Waals surface area contributed by atoms with Crippen LogP contribution in [0.5, 0.6) is 0 Å². The van der Waals surface area contributed by atoms with Crippen LogP contribution in [0.25, 0.3) is 0 Å². The average molecular weight is 332 g/mol. The molecule has 0 aromatic heterocycles. The Hall–Kier alpha value is -2.34. The van der Waals surface area contributed by atoms with Crippen LogP contribution in [0, 0.1) is 6.92 Å². The number of anilines is 1. The first-order valence-corrected chi connectivity index (χ1v) is 8.64. The van der Waals surface area contributed by atoms with E-state index in [1.54, 1.807) is 19.1 Å². The van der Waals surface area contributed by atoms with Crippen LogP contribution in [0.3, 0.4) is 0 Å². The average Bonchev–Trinajstić information content (AvgIpc) is 2.49. The van der Waals surface area contributed by atoms with Crippen LogP contribution < -0.4 is 9.83 Å². The minimum absolute atomic E-state index is 0.0801. The summed E-state index contributed by atoms with van der Waals surface area (Å²) in [6, 6.07) is 10.8. The standard InChI is InChI=1S/C17H19NO4S/c1-11(2)13-6-8-15(9-7-13)23(21,22)18-16-10-14(17(19)20)5-4-12(16)3/h4-11,18H,1-3H3,(H,19,20)/p-1. The fourth-order valence-electron chi connectivity index (χ4n) is 2.09. The Kier molecular flexibility index (Phi) is 4.75. The van der Waals surface area contributed by atoms with E-state index in [9.17, 15) is 18.3 Å². The van der Waals surface area contributed by atoms with E-state index < -0.39 is 16.0 Å². The van der Waals surface area contributed by atoms with Crippen LogP contribution >= 0.6 is 0 Å². The van der Waals surface area contributed by atoms with E-state index in [-0.39, 0.29) is 16.1 Å². The summed E-state index contributed by atoms with van der Waals surface area (Å²) in [6.07, 6.45) is 0. The van der Waals surface area contributed by atoms with Gasteiger partial charge in [0.1, 0.15) is 0 Å². The molecule has 0 saturated heterocycles. The van der Waals surface area contributed by atoms with Crippen LogP contribution in [0.1, 0.15) is 41.3 Å². The van der Waals surface area contributed by atoms with Gasteiger partial charge in [-0.15, -0.1) is 0 Å². The smallest absolute Gasteiger partial charge is 0.261 e. The summed E-state index contributed by atoms with van der Waals surface area (Å²) in [6.45, 7) is 5.74. The lowest BCUT2D eigenvalue weighted by Gasteiger charge is -2.13. The van der Waals surface area contributed by atoms with E-state index in [1.165, 1.54) is 30.3 Å². The number of carbonyl (C=O) groups excluding carboxylic acids is 1. The predicted octanol–water partition coefficient (Wildman–Crippen LogP) is 2.28. The zero-order valence-corrected chi connectivity index (χ0v) is 14.0. The van der Waals surface area contributed by atoms with Crippen molar-refractivity contribution in [1.82, 2.24) is 0 Å². The Bertz CT molecular complexity index is 824. The molecule has 23 heavy (non-hydrogen) atoms. The maximum Gasteiger partial charge on any atom is 0.261 e. The van der Waals surface area contributed by atoms with Crippen molar-refractivity contribution in [2.24, 2.45) is 0 Å². The minimum atomic E-state index is -3.78. The first-order chi connectivity index (χ1) is 10.7. The van der Waals surface area contributed by atoms with E-state index in [0.717, 1.165) is 5.56 Å². The van der Waals surface area contributed by atoms with Crippen molar-refractivity contribution in [2.45, 2.75) is 31.6 Å². The molecule has 6 heteroatoms. The van der Waals surface area contributed by atoms with Crippen molar-refractivity contribution in [3.8, 4) is 0 Å². The van der Waals surface area contributed by atoms with E-state index in [4.69, 9.17) is 0 Å². The second kappa shape index (κ2) is 6.42. The highest BCUT2D eigenvalue weighted by atomic mass is 32.2. The number of carboxylic acids is 1. The Morgan fingerprint density at radius 2 is 1.70 bits per heavy atom. The summed E-state index contributed by atoms with van der Waals surface area (Å²) in [4.78, 5) is 11.0. The molecule has 0 saturated carbocycles. The fraction of sp³-hybridized carbons (Fsp3) is 0.235. The van der Waals surface area contributed by atoms with Crippen LogP contribution in [0.15, 0.2) is 47.4 Å². The molecule has 1 N–H and O–H groups in total. The molecule has 0 unspecified atom stereocenters. The number of hydrogen-bond acceptors (Lipinski definition) is 4. The molecule has 0 fully saturated rings. The Morgan fingerprint density at radius 1 is 1.09 bits per heavy atom. The molecule has 0 spiro atoms. The van der Waals surface area contributed by atoms with Gasteiger partial charge in [0.25, 0.3) is 10.0 Å². The van der Waals surface area contributed by atoms with E-state index >= 15 is 0 Å². The van der Waals surface area contributed by atoms with E-state index in [1.807, 2.05) is 13.8 Å². The Balaban J connectivity index is 2.34. The maximum atomic E-state index is 12.4. The minimum Gasteiger partial charge on any atom is -0.545 e. The van der Waals surface area contributed by atoms with Crippen molar-refractivity contribution < 1.29 is 18.3 Å². The number of carboxylic acid groups (broad SMARTS) is 1. The van der Waals surface area contributed by atoms with Gasteiger partial charge >= 0.3 is 0 Å². The van der Waals surface area contributed by atoms with Gasteiger partial charge in [0, 0.05) is 0 Å². The summed E-state index contributed by atoms with van der Waals surface area (Å²) in [7, 11) is -3.78. The van der Waals surface area contributed by atoms with Crippen molar-refractivity contribution >= 4 is 21.7 Å². The summed E-state index contributed by atoms with van der Waals surface area (Å²) < 4.78 is 27.3. The fourth-order valence-corrected chi connectivity index (χ4v) is 3.22. The molecule has 0 radical (unpaired) electrons. The first-order valence-electron chi connectivity index (χ1n) is 7.15. The van der Waals surface area contributed by atoms with E-state index in [2.05, 4.69) is 4.72 Å². The van der Waals surface area contributed by atoms with Gasteiger partial charge in [0.2, 0.25) is 0 Å². The third kappa shape index (κ3) is 3.90. The van der Waals surface area contributed by atoms with Gasteiger partial charge in [-0.2, -0.15) is 0 Å². The first kappa shape index (κ1) is 17.0. The summed E-state index contributed by atoms with van der Waals surface area (Å²) >= 11 is 0. The van der Waals surface area contributed by atoms with E-state index in [0.29, 0.717) is 11.5 Å². The van der Waals surface area contributed by atoms with Crippen molar-refractivity contribution in [1.29, 1.82) is 0 Å². The SMILES string of the molecule is Cc1ccc(C(=O)[O-])cc1NS(=O)(=O)c1ccc(C(C)C)cc1. The highest BCUT2D eigenvalue weighted by Crippen LogP contribution is 2.22. The molecule has 0 bridgehead atoms. The number of benzene rings is 2. The predicted molar refractivity (Wildman–Crippen MR) is 86.8 cm³/mol. The molecule has 0 amide bonds. The zero-order chi connectivity index (χ0) is 17.2. The highest BCUT2D eigenvalue weighted by Gasteiger charge is 2.16.